The maximum absolute atomic E-state index is 13.5. The second-order valence-electron chi connectivity index (χ2n) is 7.50. The van der Waals surface area contributed by atoms with Gasteiger partial charge in [-0.15, -0.1) is 11.3 Å². The van der Waals surface area contributed by atoms with Gasteiger partial charge in [0.25, 0.3) is 11.8 Å². The predicted octanol–water partition coefficient (Wildman–Crippen LogP) is 4.40. The Bertz CT molecular complexity index is 1120. The number of hydrogen-bond acceptors (Lipinski definition) is 3. The smallest absolute Gasteiger partial charge is 0.270 e. The molecular weight excluding hydrogens is 401 g/mol. The molecule has 0 bridgehead atoms. The highest BCUT2D eigenvalue weighted by Gasteiger charge is 2.32. The third kappa shape index (κ3) is 3.77. The fourth-order valence-electron chi connectivity index (χ4n) is 3.94. The Kier molecular flexibility index (Phi) is 5.72. The number of allylic oxidation sites excluding steroid dienone is 2. The van der Waals surface area contributed by atoms with Crippen LogP contribution in [0, 0.1) is 5.82 Å². The molecule has 1 aliphatic heterocycles. The van der Waals surface area contributed by atoms with Crippen LogP contribution in [-0.4, -0.2) is 51.9 Å². The summed E-state index contributed by atoms with van der Waals surface area (Å²) >= 11 is 1.63. The van der Waals surface area contributed by atoms with Crippen LogP contribution in [0.1, 0.15) is 34.7 Å². The van der Waals surface area contributed by atoms with Crippen molar-refractivity contribution in [2.75, 3.05) is 19.6 Å². The third-order valence-corrected chi connectivity index (χ3v) is 6.44. The Morgan fingerprint density at radius 1 is 1.20 bits per heavy atom. The summed E-state index contributed by atoms with van der Waals surface area (Å²) in [5, 5.41) is 3.10. The van der Waals surface area contributed by atoms with Crippen molar-refractivity contribution >= 4 is 33.4 Å². The summed E-state index contributed by atoms with van der Waals surface area (Å²) in [6.07, 6.45) is 4.01. The molecule has 3 heterocycles. The first-order valence-corrected chi connectivity index (χ1v) is 10.9. The van der Waals surface area contributed by atoms with Crippen molar-refractivity contribution in [3.8, 4) is 0 Å². The van der Waals surface area contributed by atoms with Crippen LogP contribution < -0.4 is 0 Å². The van der Waals surface area contributed by atoms with Gasteiger partial charge >= 0.3 is 0 Å². The maximum atomic E-state index is 13.5. The van der Waals surface area contributed by atoms with Gasteiger partial charge in [0.2, 0.25) is 0 Å². The van der Waals surface area contributed by atoms with Gasteiger partial charge in [0.05, 0.1) is 0 Å². The molecular formula is C23H24FN3O2S. The second kappa shape index (κ2) is 8.44. The van der Waals surface area contributed by atoms with E-state index in [1.807, 2.05) is 48.4 Å². The number of fused-ring (bicyclic) bond motifs is 1. The van der Waals surface area contributed by atoms with Crippen LogP contribution in [-0.2, 0) is 6.54 Å². The average molecular weight is 426 g/mol. The number of thiophene rings is 1. The molecule has 0 radical (unpaired) electrons. The minimum Gasteiger partial charge on any atom is -0.334 e. The Morgan fingerprint density at radius 2 is 2.03 bits per heavy atom. The van der Waals surface area contributed by atoms with Crippen LogP contribution in [0.25, 0.3) is 10.2 Å². The van der Waals surface area contributed by atoms with E-state index in [2.05, 4.69) is 4.57 Å². The van der Waals surface area contributed by atoms with Crippen molar-refractivity contribution in [2.24, 2.45) is 0 Å². The van der Waals surface area contributed by atoms with E-state index in [0.29, 0.717) is 37.4 Å². The number of amides is 2. The summed E-state index contributed by atoms with van der Waals surface area (Å²) < 4.78 is 15.6. The van der Waals surface area contributed by atoms with Gasteiger partial charge in [0.15, 0.2) is 0 Å². The number of halogens is 1. The quantitative estimate of drug-likeness (QED) is 0.582. The number of aromatic nitrogens is 1. The topological polar surface area (TPSA) is 45.6 Å². The predicted molar refractivity (Wildman–Crippen MR) is 117 cm³/mol. The van der Waals surface area contributed by atoms with Crippen LogP contribution in [0.15, 0.2) is 53.9 Å². The fraction of sp³-hybridized carbons (Fsp3) is 0.304. The molecule has 1 atom stereocenters. The zero-order chi connectivity index (χ0) is 21.3. The van der Waals surface area contributed by atoms with E-state index in [1.165, 1.54) is 18.2 Å². The summed E-state index contributed by atoms with van der Waals surface area (Å²) in [4.78, 5) is 30.7. The number of nitrogens with zero attached hydrogens (tertiary/aromatic N) is 3. The van der Waals surface area contributed by atoms with E-state index in [9.17, 15) is 14.0 Å². The molecule has 1 saturated heterocycles. The number of hydrogen-bond donors (Lipinski definition) is 0. The number of carbonyl (C=O) groups is 2. The molecule has 0 aliphatic carbocycles. The summed E-state index contributed by atoms with van der Waals surface area (Å²) in [6.45, 7) is 5.86. The first-order valence-electron chi connectivity index (χ1n) is 10.0. The van der Waals surface area contributed by atoms with Gasteiger partial charge in [-0.2, -0.15) is 0 Å². The van der Waals surface area contributed by atoms with Gasteiger partial charge < -0.3 is 14.4 Å². The SMILES string of the molecule is C/C=C\Cn1c(C(=O)N2CCN(C(=O)c3cccc(F)c3)C(C)C2)cc2ccsc21. The highest BCUT2D eigenvalue weighted by Crippen LogP contribution is 2.27. The molecule has 156 valence electrons. The van der Waals surface area contributed by atoms with Crippen LogP contribution in [0.4, 0.5) is 4.39 Å². The summed E-state index contributed by atoms with van der Waals surface area (Å²) in [5.74, 6) is -0.650. The largest absolute Gasteiger partial charge is 0.334 e. The summed E-state index contributed by atoms with van der Waals surface area (Å²) in [7, 11) is 0. The van der Waals surface area contributed by atoms with Gasteiger partial charge in [-0.3, -0.25) is 9.59 Å². The second-order valence-corrected chi connectivity index (χ2v) is 8.39. The van der Waals surface area contributed by atoms with E-state index < -0.39 is 5.82 Å². The van der Waals surface area contributed by atoms with Gasteiger partial charge in [-0.1, -0.05) is 18.2 Å². The fourth-order valence-corrected chi connectivity index (χ4v) is 4.84. The van der Waals surface area contributed by atoms with Crippen molar-refractivity contribution in [3.63, 3.8) is 0 Å². The monoisotopic (exact) mass is 425 g/mol. The molecule has 1 aliphatic rings. The van der Waals surface area contributed by atoms with Crippen molar-refractivity contribution in [3.05, 3.63) is 71.0 Å². The zero-order valence-electron chi connectivity index (χ0n) is 17.0. The molecule has 2 aromatic heterocycles. The van der Waals surface area contributed by atoms with Crippen molar-refractivity contribution in [2.45, 2.75) is 26.4 Å². The average Bonchev–Trinajstić information content (AvgIpc) is 3.33. The molecule has 0 N–H and O–H groups in total. The van der Waals surface area contributed by atoms with Gasteiger partial charge in [0.1, 0.15) is 16.3 Å². The molecule has 5 nitrogen and oxygen atoms in total. The van der Waals surface area contributed by atoms with E-state index in [1.54, 1.807) is 22.3 Å². The van der Waals surface area contributed by atoms with Gasteiger partial charge in [-0.05, 0) is 49.6 Å². The minimum atomic E-state index is -0.427. The van der Waals surface area contributed by atoms with Gasteiger partial charge in [-0.25, -0.2) is 4.39 Å². The van der Waals surface area contributed by atoms with Crippen LogP contribution in [0.3, 0.4) is 0 Å². The number of rotatable bonds is 4. The molecule has 30 heavy (non-hydrogen) atoms. The van der Waals surface area contributed by atoms with Crippen LogP contribution >= 0.6 is 11.3 Å². The molecule has 1 fully saturated rings. The molecule has 0 saturated carbocycles. The van der Waals surface area contributed by atoms with E-state index in [0.717, 1.165) is 10.2 Å². The van der Waals surface area contributed by atoms with E-state index in [-0.39, 0.29) is 17.9 Å². The summed E-state index contributed by atoms with van der Waals surface area (Å²) in [5.41, 5.74) is 1.01. The minimum absolute atomic E-state index is 0.0207. The lowest BCUT2D eigenvalue weighted by atomic mass is 10.1. The highest BCUT2D eigenvalue weighted by atomic mass is 32.1. The molecule has 0 spiro atoms. The molecule has 4 rings (SSSR count). The first-order chi connectivity index (χ1) is 14.5. The lowest BCUT2D eigenvalue weighted by Crippen LogP contribution is -2.55. The van der Waals surface area contributed by atoms with E-state index in [4.69, 9.17) is 0 Å². The Hall–Kier alpha value is -2.93. The molecule has 7 heteroatoms. The van der Waals surface area contributed by atoms with Crippen molar-refractivity contribution < 1.29 is 14.0 Å². The lowest BCUT2D eigenvalue weighted by Gasteiger charge is -2.40. The molecule has 1 unspecified atom stereocenters. The molecule has 2 amide bonds. The van der Waals surface area contributed by atoms with Gasteiger partial charge in [0, 0.05) is 43.2 Å². The zero-order valence-corrected chi connectivity index (χ0v) is 17.9. The van der Waals surface area contributed by atoms with Crippen LogP contribution in [0.5, 0.6) is 0 Å². The Morgan fingerprint density at radius 3 is 2.77 bits per heavy atom. The molecule has 1 aromatic carbocycles. The maximum Gasteiger partial charge on any atom is 0.270 e. The highest BCUT2D eigenvalue weighted by molar-refractivity contribution is 7.16. The van der Waals surface area contributed by atoms with Crippen LogP contribution in [0.2, 0.25) is 0 Å². The number of carbonyl (C=O) groups excluding carboxylic acids is 2. The van der Waals surface area contributed by atoms with E-state index >= 15 is 0 Å². The molecule has 3 aromatic rings. The first kappa shape index (κ1) is 20.3. The Balaban J connectivity index is 1.52. The third-order valence-electron chi connectivity index (χ3n) is 5.49. The normalized spacial score (nSPS) is 17.2. The Labute approximate surface area is 179 Å². The standard InChI is InChI=1S/C23H24FN3O2S/c1-3-4-9-27-20(14-18-8-12-30-23(18)27)22(29)25-10-11-26(16(2)15-25)21(28)17-6-5-7-19(24)13-17/h3-8,12-14,16H,9-11,15H2,1-2H3/b4-3-. The van der Waals surface area contributed by atoms with Crippen molar-refractivity contribution in [1.82, 2.24) is 14.4 Å². The number of benzene rings is 1. The lowest BCUT2D eigenvalue weighted by molar-refractivity contribution is 0.0409. The number of piperazine rings is 1. The summed E-state index contributed by atoms with van der Waals surface area (Å²) in [6, 6.07) is 9.57. The van der Waals surface area contributed by atoms with Crippen molar-refractivity contribution in [1.29, 1.82) is 0 Å².